The third-order valence-corrected chi connectivity index (χ3v) is 4.15. The highest BCUT2D eigenvalue weighted by atomic mass is 35.5. The second-order valence-electron chi connectivity index (χ2n) is 4.73. The number of rotatable bonds is 2. The van der Waals surface area contributed by atoms with Gasteiger partial charge in [-0.05, 0) is 56.6 Å². The first-order valence-electron chi connectivity index (χ1n) is 5.98. The molecule has 17 heavy (non-hydrogen) atoms. The molecule has 2 nitrogen and oxygen atoms in total. The van der Waals surface area contributed by atoms with Crippen molar-refractivity contribution in [3.05, 3.63) is 33.8 Å². The van der Waals surface area contributed by atoms with Gasteiger partial charge in [-0.2, -0.15) is 0 Å². The van der Waals surface area contributed by atoms with E-state index in [2.05, 4.69) is 11.9 Å². The van der Waals surface area contributed by atoms with Gasteiger partial charge in [0.05, 0.1) is 0 Å². The van der Waals surface area contributed by atoms with Crippen LogP contribution in [0, 0.1) is 5.92 Å². The van der Waals surface area contributed by atoms with E-state index in [-0.39, 0.29) is 0 Å². The number of benzene rings is 1. The molecule has 1 aliphatic rings. The average Bonchev–Trinajstić information content (AvgIpc) is 2.30. The number of nitrogens with zero attached hydrogens (tertiary/aromatic N) is 1. The van der Waals surface area contributed by atoms with Gasteiger partial charge in [-0.15, -0.1) is 0 Å². The summed E-state index contributed by atoms with van der Waals surface area (Å²) in [5.74, 6) is 0.479. The number of halogens is 2. The molecule has 0 amide bonds. The molecule has 0 spiro atoms. The molecule has 0 aliphatic carbocycles. The molecule has 0 saturated carbocycles. The topological polar surface area (TPSA) is 29.3 Å². The molecular weight excluding hydrogens is 255 g/mol. The summed E-state index contributed by atoms with van der Waals surface area (Å²) in [4.78, 5) is 2.34. The van der Waals surface area contributed by atoms with Gasteiger partial charge in [0.15, 0.2) is 0 Å². The predicted molar refractivity (Wildman–Crippen MR) is 73.6 cm³/mol. The van der Waals surface area contributed by atoms with Crippen LogP contribution >= 0.6 is 23.2 Å². The highest BCUT2D eigenvalue weighted by Gasteiger charge is 2.30. The minimum Gasteiger partial charge on any atom is -0.330 e. The van der Waals surface area contributed by atoms with E-state index in [4.69, 9.17) is 28.9 Å². The molecule has 1 aliphatic heterocycles. The van der Waals surface area contributed by atoms with Crippen LogP contribution in [0.25, 0.3) is 0 Å². The molecule has 1 saturated heterocycles. The van der Waals surface area contributed by atoms with E-state index in [0.29, 0.717) is 23.5 Å². The summed E-state index contributed by atoms with van der Waals surface area (Å²) < 4.78 is 0. The van der Waals surface area contributed by atoms with E-state index in [1.165, 1.54) is 12.8 Å². The lowest BCUT2D eigenvalue weighted by Gasteiger charge is -2.39. The molecule has 4 heteroatoms. The standard InChI is InChI=1S/C13H18Cl2N2/c1-17-6-2-3-9(8-16)13(17)11-5-4-10(14)7-12(11)15/h4-5,7,9,13H,2-3,6,8,16H2,1H3. The van der Waals surface area contributed by atoms with Crippen LogP contribution in [0.1, 0.15) is 24.4 Å². The number of likely N-dealkylation sites (tertiary alicyclic amines) is 1. The lowest BCUT2D eigenvalue weighted by Crippen LogP contribution is -2.39. The fourth-order valence-corrected chi connectivity index (χ4v) is 3.26. The van der Waals surface area contributed by atoms with Gasteiger partial charge in [0, 0.05) is 16.1 Å². The first-order chi connectivity index (χ1) is 8.13. The Hall–Kier alpha value is -0.280. The summed E-state index contributed by atoms with van der Waals surface area (Å²) in [6, 6.07) is 6.06. The SMILES string of the molecule is CN1CCCC(CN)C1c1ccc(Cl)cc1Cl. The van der Waals surface area contributed by atoms with Crippen molar-refractivity contribution in [2.75, 3.05) is 20.1 Å². The molecule has 0 radical (unpaired) electrons. The molecular formula is C13H18Cl2N2. The van der Waals surface area contributed by atoms with Crippen LogP contribution in [0.3, 0.4) is 0 Å². The summed E-state index contributed by atoms with van der Waals surface area (Å²) in [5.41, 5.74) is 7.02. The maximum atomic E-state index is 6.30. The van der Waals surface area contributed by atoms with Crippen LogP contribution in [-0.4, -0.2) is 25.0 Å². The van der Waals surface area contributed by atoms with Crippen molar-refractivity contribution in [3.63, 3.8) is 0 Å². The second-order valence-corrected chi connectivity index (χ2v) is 5.57. The largest absolute Gasteiger partial charge is 0.330 e. The average molecular weight is 273 g/mol. The normalized spacial score (nSPS) is 26.1. The third-order valence-electron chi connectivity index (χ3n) is 3.59. The molecule has 1 fully saturated rings. The third kappa shape index (κ3) is 2.76. The zero-order valence-electron chi connectivity index (χ0n) is 10.00. The molecule has 2 unspecified atom stereocenters. The Morgan fingerprint density at radius 3 is 2.82 bits per heavy atom. The van der Waals surface area contributed by atoms with E-state index in [9.17, 15) is 0 Å². The van der Waals surface area contributed by atoms with Gasteiger partial charge < -0.3 is 5.73 Å². The van der Waals surface area contributed by atoms with Crippen LogP contribution in [0.5, 0.6) is 0 Å². The maximum absolute atomic E-state index is 6.30. The molecule has 0 aromatic heterocycles. The van der Waals surface area contributed by atoms with Crippen LogP contribution in [0.4, 0.5) is 0 Å². The summed E-state index contributed by atoms with van der Waals surface area (Å²) in [5, 5.41) is 1.43. The summed E-state index contributed by atoms with van der Waals surface area (Å²) in [6.07, 6.45) is 2.38. The van der Waals surface area contributed by atoms with Crippen molar-refractivity contribution in [2.45, 2.75) is 18.9 Å². The summed E-state index contributed by atoms with van der Waals surface area (Å²) in [7, 11) is 2.14. The van der Waals surface area contributed by atoms with Gasteiger partial charge in [-0.25, -0.2) is 0 Å². The van der Waals surface area contributed by atoms with Crippen molar-refractivity contribution >= 4 is 23.2 Å². The molecule has 1 aromatic carbocycles. The van der Waals surface area contributed by atoms with Crippen molar-refractivity contribution in [3.8, 4) is 0 Å². The zero-order chi connectivity index (χ0) is 12.4. The van der Waals surface area contributed by atoms with Crippen LogP contribution < -0.4 is 5.73 Å². The molecule has 0 bridgehead atoms. The van der Waals surface area contributed by atoms with Gasteiger partial charge in [0.2, 0.25) is 0 Å². The van der Waals surface area contributed by atoms with E-state index >= 15 is 0 Å². The molecule has 2 atom stereocenters. The van der Waals surface area contributed by atoms with E-state index in [1.807, 2.05) is 18.2 Å². The summed E-state index contributed by atoms with van der Waals surface area (Å²) >= 11 is 12.2. The van der Waals surface area contributed by atoms with Gasteiger partial charge in [0.25, 0.3) is 0 Å². The first kappa shape index (κ1) is 13.2. The van der Waals surface area contributed by atoms with E-state index in [0.717, 1.165) is 17.1 Å². The van der Waals surface area contributed by atoms with Crippen LogP contribution in [0.2, 0.25) is 10.0 Å². The Morgan fingerprint density at radius 2 is 2.18 bits per heavy atom. The minimum absolute atomic E-state index is 0.318. The summed E-state index contributed by atoms with van der Waals surface area (Å²) in [6.45, 7) is 1.80. The van der Waals surface area contributed by atoms with Crippen molar-refractivity contribution in [1.82, 2.24) is 4.90 Å². The highest BCUT2D eigenvalue weighted by Crippen LogP contribution is 2.38. The van der Waals surface area contributed by atoms with Gasteiger partial charge in [-0.3, -0.25) is 4.90 Å². The van der Waals surface area contributed by atoms with E-state index < -0.39 is 0 Å². The van der Waals surface area contributed by atoms with Gasteiger partial charge in [0.1, 0.15) is 0 Å². The smallest absolute Gasteiger partial charge is 0.0468 e. The highest BCUT2D eigenvalue weighted by molar-refractivity contribution is 6.35. The first-order valence-corrected chi connectivity index (χ1v) is 6.74. The minimum atomic E-state index is 0.318. The molecule has 2 rings (SSSR count). The fraction of sp³-hybridized carbons (Fsp3) is 0.538. The van der Waals surface area contributed by atoms with Gasteiger partial charge >= 0.3 is 0 Å². The maximum Gasteiger partial charge on any atom is 0.0468 e. The number of nitrogens with two attached hydrogens (primary N) is 1. The predicted octanol–water partition coefficient (Wildman–Crippen LogP) is 3.34. The monoisotopic (exact) mass is 272 g/mol. The number of hydrogen-bond acceptors (Lipinski definition) is 2. The fourth-order valence-electron chi connectivity index (χ4n) is 2.74. The molecule has 1 aromatic rings. The van der Waals surface area contributed by atoms with Crippen LogP contribution in [0.15, 0.2) is 18.2 Å². The van der Waals surface area contributed by atoms with Crippen molar-refractivity contribution in [1.29, 1.82) is 0 Å². The Labute approximate surface area is 113 Å². The lowest BCUT2D eigenvalue weighted by molar-refractivity contribution is 0.125. The molecule has 1 heterocycles. The van der Waals surface area contributed by atoms with Gasteiger partial charge in [-0.1, -0.05) is 29.3 Å². The number of hydrogen-bond donors (Lipinski definition) is 1. The Balaban J connectivity index is 2.34. The Morgan fingerprint density at radius 1 is 1.41 bits per heavy atom. The van der Waals surface area contributed by atoms with Crippen LogP contribution in [-0.2, 0) is 0 Å². The second kappa shape index (κ2) is 5.57. The molecule has 94 valence electrons. The Bertz CT molecular complexity index is 395. The van der Waals surface area contributed by atoms with Crippen molar-refractivity contribution in [2.24, 2.45) is 11.7 Å². The lowest BCUT2D eigenvalue weighted by atomic mass is 9.85. The Kier molecular flexibility index (Phi) is 4.31. The van der Waals surface area contributed by atoms with E-state index in [1.54, 1.807) is 0 Å². The molecule has 2 N–H and O–H groups in total. The van der Waals surface area contributed by atoms with Crippen molar-refractivity contribution < 1.29 is 0 Å². The zero-order valence-corrected chi connectivity index (χ0v) is 11.5. The quantitative estimate of drug-likeness (QED) is 0.895. The number of piperidine rings is 1.